The molecule has 2 atom stereocenters. The standard InChI is InChI=1S/C19H25N3O2S/c1-13(9-15-12-22-7-8-23-15)24-14-3-2-4-16(10-14)25-17-5-6-18(20)19(21)11-17/h2-6,10-11,13,15,22H,7-9,12,20-21H2,1H3. The highest BCUT2D eigenvalue weighted by Crippen LogP contribution is 2.32. The van der Waals surface area contributed by atoms with Gasteiger partial charge >= 0.3 is 0 Å². The molecule has 25 heavy (non-hydrogen) atoms. The third-order valence-corrected chi connectivity index (χ3v) is 5.02. The topological polar surface area (TPSA) is 82.5 Å². The molecule has 0 saturated carbocycles. The molecule has 0 bridgehead atoms. The first-order valence-corrected chi connectivity index (χ1v) is 9.33. The molecule has 5 N–H and O–H groups in total. The first-order valence-electron chi connectivity index (χ1n) is 8.52. The lowest BCUT2D eigenvalue weighted by Gasteiger charge is -2.26. The molecule has 1 aliphatic heterocycles. The van der Waals surface area contributed by atoms with E-state index in [0.717, 1.165) is 41.7 Å². The summed E-state index contributed by atoms with van der Waals surface area (Å²) in [5.74, 6) is 0.865. The van der Waals surface area contributed by atoms with Crippen molar-refractivity contribution in [2.24, 2.45) is 0 Å². The molecule has 1 aliphatic rings. The van der Waals surface area contributed by atoms with Gasteiger partial charge in [-0.1, -0.05) is 17.8 Å². The number of hydrogen-bond donors (Lipinski definition) is 3. The van der Waals surface area contributed by atoms with Gasteiger partial charge in [-0.3, -0.25) is 0 Å². The lowest BCUT2D eigenvalue weighted by molar-refractivity contribution is 0.00332. The number of rotatable bonds is 6. The fourth-order valence-electron chi connectivity index (χ4n) is 2.79. The van der Waals surface area contributed by atoms with Crippen LogP contribution >= 0.6 is 11.8 Å². The predicted molar refractivity (Wildman–Crippen MR) is 103 cm³/mol. The monoisotopic (exact) mass is 359 g/mol. The van der Waals surface area contributed by atoms with Crippen molar-refractivity contribution < 1.29 is 9.47 Å². The number of benzene rings is 2. The van der Waals surface area contributed by atoms with E-state index in [4.69, 9.17) is 20.9 Å². The SMILES string of the molecule is CC(CC1CNCCO1)Oc1cccc(Sc2ccc(N)c(N)c2)c1. The second-order valence-corrected chi connectivity index (χ2v) is 7.38. The second-order valence-electron chi connectivity index (χ2n) is 6.23. The molecule has 0 aliphatic carbocycles. The first-order chi connectivity index (χ1) is 12.1. The lowest BCUT2D eigenvalue weighted by atomic mass is 10.1. The third kappa shape index (κ3) is 5.29. The van der Waals surface area contributed by atoms with Crippen molar-refractivity contribution in [1.82, 2.24) is 5.32 Å². The Kier molecular flexibility index (Phi) is 6.07. The number of nitrogens with two attached hydrogens (primary N) is 2. The minimum absolute atomic E-state index is 0.0947. The van der Waals surface area contributed by atoms with Crippen LogP contribution < -0.4 is 21.5 Å². The summed E-state index contributed by atoms with van der Waals surface area (Å²) in [6, 6.07) is 13.8. The number of morpholine rings is 1. The molecule has 2 aromatic rings. The molecular formula is C19H25N3O2S. The Bertz CT molecular complexity index is 705. The van der Waals surface area contributed by atoms with E-state index in [0.29, 0.717) is 11.4 Å². The third-order valence-electron chi connectivity index (χ3n) is 4.04. The molecular weight excluding hydrogens is 334 g/mol. The van der Waals surface area contributed by atoms with Gasteiger partial charge in [0.1, 0.15) is 5.75 Å². The van der Waals surface area contributed by atoms with E-state index in [1.165, 1.54) is 0 Å². The van der Waals surface area contributed by atoms with E-state index in [1.54, 1.807) is 11.8 Å². The number of ether oxygens (including phenoxy) is 2. The largest absolute Gasteiger partial charge is 0.491 e. The molecule has 0 radical (unpaired) electrons. The minimum atomic E-state index is 0.0947. The number of anilines is 2. The lowest BCUT2D eigenvalue weighted by Crippen LogP contribution is -2.40. The fraction of sp³-hybridized carbons (Fsp3) is 0.368. The number of nitrogens with one attached hydrogen (secondary N) is 1. The molecule has 2 aromatic carbocycles. The average Bonchev–Trinajstić information content (AvgIpc) is 2.59. The second kappa shape index (κ2) is 8.47. The van der Waals surface area contributed by atoms with Gasteiger partial charge in [0.25, 0.3) is 0 Å². The highest BCUT2D eigenvalue weighted by atomic mass is 32.2. The summed E-state index contributed by atoms with van der Waals surface area (Å²) in [5, 5.41) is 3.35. The van der Waals surface area contributed by atoms with Gasteiger partial charge in [-0.25, -0.2) is 0 Å². The van der Waals surface area contributed by atoms with Crippen LogP contribution in [0.15, 0.2) is 52.3 Å². The van der Waals surface area contributed by atoms with Crippen LogP contribution in [0, 0.1) is 0 Å². The van der Waals surface area contributed by atoms with Crippen LogP contribution in [0.4, 0.5) is 11.4 Å². The molecule has 6 heteroatoms. The zero-order valence-corrected chi connectivity index (χ0v) is 15.2. The predicted octanol–water partition coefficient (Wildman–Crippen LogP) is 3.15. The highest BCUT2D eigenvalue weighted by Gasteiger charge is 2.17. The van der Waals surface area contributed by atoms with E-state index < -0.39 is 0 Å². The molecule has 2 unspecified atom stereocenters. The van der Waals surface area contributed by atoms with Gasteiger partial charge in [-0.05, 0) is 43.3 Å². The van der Waals surface area contributed by atoms with Crippen molar-refractivity contribution in [1.29, 1.82) is 0 Å². The quantitative estimate of drug-likeness (QED) is 0.687. The molecule has 134 valence electrons. The normalized spacial score (nSPS) is 18.7. The van der Waals surface area contributed by atoms with E-state index in [2.05, 4.69) is 18.3 Å². The van der Waals surface area contributed by atoms with Crippen LogP contribution in [0.5, 0.6) is 5.75 Å². The average molecular weight is 359 g/mol. The zero-order chi connectivity index (χ0) is 17.6. The Morgan fingerprint density at radius 3 is 2.80 bits per heavy atom. The van der Waals surface area contributed by atoms with Gasteiger partial charge in [0, 0.05) is 29.3 Å². The van der Waals surface area contributed by atoms with E-state index in [1.807, 2.05) is 36.4 Å². The van der Waals surface area contributed by atoms with Crippen molar-refractivity contribution in [3.63, 3.8) is 0 Å². The van der Waals surface area contributed by atoms with E-state index in [-0.39, 0.29) is 12.2 Å². The van der Waals surface area contributed by atoms with Crippen molar-refractivity contribution >= 4 is 23.1 Å². The van der Waals surface area contributed by atoms with Gasteiger partial charge in [-0.15, -0.1) is 0 Å². The summed E-state index contributed by atoms with van der Waals surface area (Å²) in [7, 11) is 0. The molecule has 0 spiro atoms. The number of nitrogen functional groups attached to an aromatic ring is 2. The van der Waals surface area contributed by atoms with Gasteiger partial charge in [0.05, 0.1) is 30.2 Å². The van der Waals surface area contributed by atoms with Crippen molar-refractivity contribution in [2.75, 3.05) is 31.2 Å². The molecule has 0 amide bonds. The molecule has 3 rings (SSSR count). The van der Waals surface area contributed by atoms with Crippen LogP contribution in [0.2, 0.25) is 0 Å². The highest BCUT2D eigenvalue weighted by molar-refractivity contribution is 7.99. The maximum atomic E-state index is 6.07. The van der Waals surface area contributed by atoms with Crippen LogP contribution in [0.1, 0.15) is 13.3 Å². The Morgan fingerprint density at radius 1 is 1.20 bits per heavy atom. The fourth-order valence-corrected chi connectivity index (χ4v) is 3.70. The number of hydrogen-bond acceptors (Lipinski definition) is 6. The first kappa shape index (κ1) is 17.9. The Labute approximate surface area is 153 Å². The smallest absolute Gasteiger partial charge is 0.120 e. The molecule has 5 nitrogen and oxygen atoms in total. The molecule has 0 aromatic heterocycles. The van der Waals surface area contributed by atoms with Gasteiger partial charge in [0.15, 0.2) is 0 Å². The van der Waals surface area contributed by atoms with Crippen molar-refractivity contribution in [2.45, 2.75) is 35.3 Å². The maximum Gasteiger partial charge on any atom is 0.120 e. The minimum Gasteiger partial charge on any atom is -0.491 e. The summed E-state index contributed by atoms with van der Waals surface area (Å²) >= 11 is 1.64. The Hall–Kier alpha value is -1.89. The van der Waals surface area contributed by atoms with Crippen LogP contribution in [-0.2, 0) is 4.74 Å². The summed E-state index contributed by atoms with van der Waals surface area (Å²) in [6.07, 6.45) is 1.19. The Morgan fingerprint density at radius 2 is 2.04 bits per heavy atom. The summed E-state index contributed by atoms with van der Waals surface area (Å²) in [4.78, 5) is 2.16. The summed E-state index contributed by atoms with van der Waals surface area (Å²) in [6.45, 7) is 4.68. The van der Waals surface area contributed by atoms with Gasteiger partial charge < -0.3 is 26.3 Å². The van der Waals surface area contributed by atoms with Crippen LogP contribution in [0.25, 0.3) is 0 Å². The maximum absolute atomic E-state index is 6.07. The molecule has 1 fully saturated rings. The molecule has 1 saturated heterocycles. The molecule has 1 heterocycles. The van der Waals surface area contributed by atoms with Crippen LogP contribution in [-0.4, -0.2) is 31.9 Å². The van der Waals surface area contributed by atoms with Crippen molar-refractivity contribution in [3.8, 4) is 5.75 Å². The van der Waals surface area contributed by atoms with E-state index in [9.17, 15) is 0 Å². The van der Waals surface area contributed by atoms with Crippen molar-refractivity contribution in [3.05, 3.63) is 42.5 Å². The van der Waals surface area contributed by atoms with Gasteiger partial charge in [0.2, 0.25) is 0 Å². The Balaban J connectivity index is 1.59. The summed E-state index contributed by atoms with van der Waals surface area (Å²) in [5.41, 5.74) is 12.9. The zero-order valence-electron chi connectivity index (χ0n) is 14.4. The van der Waals surface area contributed by atoms with Crippen LogP contribution in [0.3, 0.4) is 0 Å². The summed E-state index contributed by atoms with van der Waals surface area (Å²) < 4.78 is 11.8. The van der Waals surface area contributed by atoms with E-state index >= 15 is 0 Å². The van der Waals surface area contributed by atoms with Gasteiger partial charge in [-0.2, -0.15) is 0 Å².